The Morgan fingerprint density at radius 1 is 1.25 bits per heavy atom. The van der Waals surface area contributed by atoms with Crippen LogP contribution in [0, 0.1) is 0 Å². The molecule has 2 N–H and O–H groups in total. The fraction of sp³-hybridized carbons (Fsp3) is 0.562. The Balaban J connectivity index is 2.40. The van der Waals surface area contributed by atoms with E-state index in [4.69, 9.17) is 4.74 Å². The number of carbonyl (C=O) groups excluding carboxylic acids is 1. The van der Waals surface area contributed by atoms with Crippen molar-refractivity contribution in [3.05, 3.63) is 29.8 Å². The fourth-order valence-electron chi connectivity index (χ4n) is 1.79. The second-order valence-corrected chi connectivity index (χ2v) is 5.69. The molecule has 0 fully saturated rings. The molecule has 1 rings (SSSR count). The molecule has 1 aromatic rings. The molecule has 24 heavy (non-hydrogen) atoms. The topological polar surface area (TPSA) is 59.6 Å². The molecule has 8 heteroatoms. The Bertz CT molecular complexity index is 522. The van der Waals surface area contributed by atoms with E-state index >= 15 is 0 Å². The van der Waals surface area contributed by atoms with Crippen molar-refractivity contribution >= 4 is 11.7 Å². The molecule has 0 aromatic heterocycles. The molecule has 0 aliphatic heterocycles. The number of rotatable bonds is 8. The van der Waals surface area contributed by atoms with Gasteiger partial charge < -0.3 is 20.1 Å². The molecule has 1 aromatic carbocycles. The lowest BCUT2D eigenvalue weighted by molar-refractivity contribution is -0.174. The van der Waals surface area contributed by atoms with E-state index < -0.39 is 24.9 Å². The number of nitrogens with one attached hydrogen (secondary N) is 2. The van der Waals surface area contributed by atoms with Gasteiger partial charge in [-0.15, -0.1) is 0 Å². The fourth-order valence-corrected chi connectivity index (χ4v) is 1.79. The first-order chi connectivity index (χ1) is 11.2. The predicted molar refractivity (Wildman–Crippen MR) is 84.9 cm³/mol. The van der Waals surface area contributed by atoms with Crippen LogP contribution < -0.4 is 10.6 Å². The number of hydrogen-bond acceptors (Lipinski definition) is 3. The maximum absolute atomic E-state index is 12.0. The van der Waals surface area contributed by atoms with Crippen LogP contribution in [0.15, 0.2) is 24.3 Å². The standard InChI is InChI=1S/C16H23F3N2O3/c1-11(2)24-9-13-5-4-6-14(7-13)21-15(22)20-12(3)8-23-10-16(17,18)19/h4-7,11-12H,8-10H2,1-3H3,(H2,20,21,22). The highest BCUT2D eigenvalue weighted by Crippen LogP contribution is 2.14. The Kier molecular flexibility index (Phi) is 8.00. The molecular weight excluding hydrogens is 325 g/mol. The molecule has 0 aliphatic carbocycles. The van der Waals surface area contributed by atoms with Crippen LogP contribution in [0.1, 0.15) is 26.3 Å². The number of amides is 2. The third-order valence-electron chi connectivity index (χ3n) is 2.78. The van der Waals surface area contributed by atoms with Crippen molar-refractivity contribution in [1.82, 2.24) is 5.32 Å². The Hall–Kier alpha value is -1.80. The number of ether oxygens (including phenoxy) is 2. The summed E-state index contributed by atoms with van der Waals surface area (Å²) in [6, 6.07) is 6.07. The van der Waals surface area contributed by atoms with Crippen LogP contribution in [-0.4, -0.2) is 37.6 Å². The zero-order valence-electron chi connectivity index (χ0n) is 13.9. The zero-order chi connectivity index (χ0) is 18.2. The first-order valence-electron chi connectivity index (χ1n) is 7.58. The van der Waals surface area contributed by atoms with E-state index in [1.165, 1.54) is 0 Å². The highest BCUT2D eigenvalue weighted by molar-refractivity contribution is 5.89. The van der Waals surface area contributed by atoms with E-state index in [1.807, 2.05) is 19.9 Å². The van der Waals surface area contributed by atoms with Gasteiger partial charge in [-0.2, -0.15) is 13.2 Å². The molecule has 0 radical (unpaired) electrons. The Morgan fingerprint density at radius 3 is 2.58 bits per heavy atom. The summed E-state index contributed by atoms with van der Waals surface area (Å²) in [5, 5.41) is 5.13. The molecule has 0 aliphatic rings. The quantitative estimate of drug-likeness (QED) is 0.753. The number of halogens is 3. The van der Waals surface area contributed by atoms with Crippen molar-refractivity contribution in [2.24, 2.45) is 0 Å². The van der Waals surface area contributed by atoms with E-state index in [0.717, 1.165) is 5.56 Å². The summed E-state index contributed by atoms with van der Waals surface area (Å²) >= 11 is 0. The van der Waals surface area contributed by atoms with E-state index in [0.29, 0.717) is 12.3 Å². The minimum Gasteiger partial charge on any atom is -0.374 e. The number of benzene rings is 1. The molecule has 0 saturated heterocycles. The van der Waals surface area contributed by atoms with Gasteiger partial charge in [0.25, 0.3) is 0 Å². The lowest BCUT2D eigenvalue weighted by Gasteiger charge is -2.16. The number of urea groups is 1. The van der Waals surface area contributed by atoms with Gasteiger partial charge in [-0.3, -0.25) is 0 Å². The SMILES string of the molecule is CC(COCC(F)(F)F)NC(=O)Nc1cccc(COC(C)C)c1. The molecule has 1 atom stereocenters. The van der Waals surface area contributed by atoms with E-state index in [2.05, 4.69) is 15.4 Å². The van der Waals surface area contributed by atoms with E-state index in [9.17, 15) is 18.0 Å². The molecule has 136 valence electrons. The van der Waals surface area contributed by atoms with Crippen LogP contribution >= 0.6 is 0 Å². The van der Waals surface area contributed by atoms with Gasteiger partial charge in [-0.1, -0.05) is 12.1 Å². The number of carbonyl (C=O) groups is 1. The minimum atomic E-state index is -4.37. The average molecular weight is 348 g/mol. The highest BCUT2D eigenvalue weighted by Gasteiger charge is 2.27. The molecule has 2 amide bonds. The van der Waals surface area contributed by atoms with Gasteiger partial charge in [0.1, 0.15) is 6.61 Å². The summed E-state index contributed by atoms with van der Waals surface area (Å²) in [5.74, 6) is 0. The normalized spacial score (nSPS) is 13.0. The highest BCUT2D eigenvalue weighted by atomic mass is 19.4. The smallest absolute Gasteiger partial charge is 0.374 e. The summed E-state index contributed by atoms with van der Waals surface area (Å²) in [5.41, 5.74) is 1.48. The second-order valence-electron chi connectivity index (χ2n) is 5.69. The van der Waals surface area contributed by atoms with Gasteiger partial charge >= 0.3 is 12.2 Å². The minimum absolute atomic E-state index is 0.0995. The number of alkyl halides is 3. The average Bonchev–Trinajstić information content (AvgIpc) is 2.43. The van der Waals surface area contributed by atoms with Gasteiger partial charge in [0, 0.05) is 5.69 Å². The zero-order valence-corrected chi connectivity index (χ0v) is 13.9. The van der Waals surface area contributed by atoms with E-state index in [1.54, 1.807) is 25.1 Å². The van der Waals surface area contributed by atoms with Crippen LogP contribution in [-0.2, 0) is 16.1 Å². The van der Waals surface area contributed by atoms with Gasteiger partial charge in [0.15, 0.2) is 0 Å². The van der Waals surface area contributed by atoms with Crippen LogP contribution in [0.3, 0.4) is 0 Å². The molecule has 0 spiro atoms. The summed E-state index contributed by atoms with van der Waals surface area (Å²) in [4.78, 5) is 11.8. The predicted octanol–water partition coefficient (Wildman–Crippen LogP) is 3.70. The molecular formula is C16H23F3N2O3. The molecule has 0 heterocycles. The van der Waals surface area contributed by atoms with Gasteiger partial charge in [0.2, 0.25) is 0 Å². The molecule has 0 bridgehead atoms. The summed E-state index contributed by atoms with van der Waals surface area (Å²) in [7, 11) is 0. The Labute approximate surface area is 139 Å². The van der Waals surface area contributed by atoms with Crippen molar-refractivity contribution in [3.8, 4) is 0 Å². The molecule has 1 unspecified atom stereocenters. The Morgan fingerprint density at radius 2 is 1.96 bits per heavy atom. The molecule has 0 saturated carbocycles. The van der Waals surface area contributed by atoms with Crippen molar-refractivity contribution in [2.75, 3.05) is 18.5 Å². The first-order valence-corrected chi connectivity index (χ1v) is 7.58. The van der Waals surface area contributed by atoms with Crippen molar-refractivity contribution in [2.45, 2.75) is 45.7 Å². The lowest BCUT2D eigenvalue weighted by Crippen LogP contribution is -2.39. The van der Waals surface area contributed by atoms with Crippen molar-refractivity contribution in [3.63, 3.8) is 0 Å². The van der Waals surface area contributed by atoms with Crippen LogP contribution in [0.5, 0.6) is 0 Å². The largest absolute Gasteiger partial charge is 0.411 e. The maximum atomic E-state index is 12.0. The second kappa shape index (κ2) is 9.48. The van der Waals surface area contributed by atoms with Crippen molar-refractivity contribution in [1.29, 1.82) is 0 Å². The monoisotopic (exact) mass is 348 g/mol. The summed E-state index contributed by atoms with van der Waals surface area (Å²) in [6.07, 6.45) is -4.28. The maximum Gasteiger partial charge on any atom is 0.411 e. The van der Waals surface area contributed by atoms with E-state index in [-0.39, 0.29) is 12.7 Å². The first kappa shape index (κ1) is 20.2. The van der Waals surface area contributed by atoms with Gasteiger partial charge in [-0.05, 0) is 38.5 Å². The van der Waals surface area contributed by atoms with Gasteiger partial charge in [-0.25, -0.2) is 4.79 Å². The number of anilines is 1. The molecule has 5 nitrogen and oxygen atoms in total. The van der Waals surface area contributed by atoms with Crippen LogP contribution in [0.4, 0.5) is 23.7 Å². The third-order valence-corrected chi connectivity index (χ3v) is 2.78. The number of hydrogen-bond donors (Lipinski definition) is 2. The van der Waals surface area contributed by atoms with Gasteiger partial charge in [0.05, 0.1) is 25.4 Å². The third kappa shape index (κ3) is 9.36. The lowest BCUT2D eigenvalue weighted by atomic mass is 10.2. The van der Waals surface area contributed by atoms with Crippen molar-refractivity contribution < 1.29 is 27.4 Å². The van der Waals surface area contributed by atoms with Crippen LogP contribution in [0.25, 0.3) is 0 Å². The summed E-state index contributed by atoms with van der Waals surface area (Å²) in [6.45, 7) is 4.28. The summed E-state index contributed by atoms with van der Waals surface area (Å²) < 4.78 is 45.9. The van der Waals surface area contributed by atoms with Crippen LogP contribution in [0.2, 0.25) is 0 Å².